The molecule has 1 fully saturated rings. The van der Waals surface area contributed by atoms with Crippen molar-refractivity contribution in [2.45, 2.75) is 31.5 Å². The van der Waals surface area contributed by atoms with Gasteiger partial charge in [0.25, 0.3) is 17.6 Å². The number of thiazole rings is 1. The number of β-lactam (4-membered cyclic amide) rings is 1. The molecule has 1 aliphatic rings. The highest BCUT2D eigenvalue weighted by molar-refractivity contribution is 7.80. The Kier molecular flexibility index (Phi) is 10.8. The van der Waals surface area contributed by atoms with Crippen LogP contribution in [0.25, 0.3) is 11.1 Å². The summed E-state index contributed by atoms with van der Waals surface area (Å²) in [5, 5.41) is 21.4. The fourth-order valence-electron chi connectivity index (χ4n) is 4.36. The quantitative estimate of drug-likeness (QED) is 0.0394. The number of aliphatic hydroxyl groups excluding tert-OH is 1. The Morgan fingerprint density at radius 3 is 2.50 bits per heavy atom. The van der Waals surface area contributed by atoms with E-state index in [4.69, 9.17) is 25.6 Å². The third-order valence-corrected chi connectivity index (χ3v) is 7.82. The molecular formula is C27H35N8O9S2+. The SMILES string of the molecule is C[n+]1cc(-c2ccc(OC[C@@H](CO)O/N=C(\C(=O)N[C@@H]3C(=O)N(OS(=O)(=O)O)C3(C)C)c3csc(N)n3)cc2)ccc1NCCN. The van der Waals surface area contributed by atoms with E-state index in [1.165, 1.54) is 19.2 Å². The molecule has 3 aromatic rings. The molecule has 3 heterocycles. The molecule has 1 saturated heterocycles. The van der Waals surface area contributed by atoms with E-state index in [1.807, 2.05) is 42.1 Å². The van der Waals surface area contributed by atoms with Crippen molar-refractivity contribution < 1.29 is 46.1 Å². The van der Waals surface area contributed by atoms with Gasteiger partial charge in [-0.15, -0.1) is 15.6 Å². The number of carbonyl (C=O) groups excluding carboxylic acids is 2. The summed E-state index contributed by atoms with van der Waals surface area (Å²) in [6.07, 6.45) is 0.976. The lowest BCUT2D eigenvalue weighted by Gasteiger charge is -2.50. The van der Waals surface area contributed by atoms with Crippen molar-refractivity contribution in [3.63, 3.8) is 0 Å². The Labute approximate surface area is 268 Å². The molecule has 2 atom stereocenters. The van der Waals surface area contributed by atoms with Crippen LogP contribution in [0.15, 0.2) is 53.1 Å². The summed E-state index contributed by atoms with van der Waals surface area (Å²) in [6, 6.07) is 9.98. The van der Waals surface area contributed by atoms with Crippen LogP contribution in [0.4, 0.5) is 10.9 Å². The van der Waals surface area contributed by atoms with Gasteiger partial charge < -0.3 is 31.5 Å². The van der Waals surface area contributed by atoms with Gasteiger partial charge in [-0.05, 0) is 37.6 Å². The van der Waals surface area contributed by atoms with E-state index in [2.05, 4.69) is 25.1 Å². The molecular weight excluding hydrogens is 644 g/mol. The monoisotopic (exact) mass is 679 g/mol. The number of rotatable bonds is 15. The number of aromatic nitrogens is 2. The van der Waals surface area contributed by atoms with Crippen molar-refractivity contribution in [2.75, 3.05) is 37.4 Å². The molecule has 0 aliphatic carbocycles. The first kappa shape index (κ1) is 34.5. The van der Waals surface area contributed by atoms with Crippen molar-refractivity contribution in [1.29, 1.82) is 0 Å². The van der Waals surface area contributed by atoms with Crippen LogP contribution in [-0.2, 0) is 36.2 Å². The molecule has 2 amide bonds. The van der Waals surface area contributed by atoms with Crippen molar-refractivity contribution in [3.8, 4) is 16.9 Å². The minimum atomic E-state index is -4.98. The molecule has 1 aromatic carbocycles. The Morgan fingerprint density at radius 2 is 1.93 bits per heavy atom. The molecule has 0 saturated carbocycles. The van der Waals surface area contributed by atoms with E-state index in [1.54, 1.807) is 12.1 Å². The number of nitrogens with one attached hydrogen (secondary N) is 2. The summed E-state index contributed by atoms with van der Waals surface area (Å²) in [6.45, 7) is 3.33. The number of ether oxygens (including phenoxy) is 1. The third kappa shape index (κ3) is 8.24. The number of aliphatic hydroxyl groups is 1. The van der Waals surface area contributed by atoms with Gasteiger partial charge in [0.2, 0.25) is 0 Å². The summed E-state index contributed by atoms with van der Waals surface area (Å²) in [7, 11) is -3.05. The number of aryl methyl sites for hydroxylation is 1. The Balaban J connectivity index is 1.41. The molecule has 4 rings (SSSR count). The van der Waals surface area contributed by atoms with Crippen LogP contribution in [0.3, 0.4) is 0 Å². The topological polar surface area (TPSA) is 245 Å². The van der Waals surface area contributed by atoms with Gasteiger partial charge in [0.1, 0.15) is 24.1 Å². The smallest absolute Gasteiger partial charge is 0.418 e. The number of hydrogen-bond donors (Lipinski definition) is 6. The first-order chi connectivity index (χ1) is 21.7. The predicted molar refractivity (Wildman–Crippen MR) is 167 cm³/mol. The molecule has 0 spiro atoms. The summed E-state index contributed by atoms with van der Waals surface area (Å²) >= 11 is 1.02. The third-order valence-electron chi connectivity index (χ3n) is 6.80. The van der Waals surface area contributed by atoms with Crippen molar-refractivity contribution in [3.05, 3.63) is 53.7 Å². The van der Waals surface area contributed by atoms with E-state index in [0.717, 1.165) is 28.3 Å². The van der Waals surface area contributed by atoms with Gasteiger partial charge in [-0.3, -0.25) is 19.5 Å². The summed E-state index contributed by atoms with van der Waals surface area (Å²) in [4.78, 5) is 35.2. The van der Waals surface area contributed by atoms with Gasteiger partial charge >= 0.3 is 10.4 Å². The highest BCUT2D eigenvalue weighted by Crippen LogP contribution is 2.33. The van der Waals surface area contributed by atoms with Crippen molar-refractivity contribution >= 4 is 50.2 Å². The number of hydrogen-bond acceptors (Lipinski definition) is 14. The van der Waals surface area contributed by atoms with E-state index in [9.17, 15) is 23.1 Å². The normalized spacial score (nSPS) is 16.8. The maximum Gasteiger partial charge on any atom is 0.418 e. The molecule has 17 nitrogen and oxygen atoms in total. The zero-order chi connectivity index (χ0) is 33.6. The molecule has 1 aliphatic heterocycles. The Morgan fingerprint density at radius 1 is 1.24 bits per heavy atom. The predicted octanol–water partition coefficient (Wildman–Crippen LogP) is -0.412. The second-order valence-electron chi connectivity index (χ2n) is 10.6. The molecule has 0 radical (unpaired) electrons. The fraction of sp³-hybridized carbons (Fsp3) is 0.370. The first-order valence-electron chi connectivity index (χ1n) is 13.8. The standard InChI is InChI=1S/C27H34N8O9S2/c1-27(2)23(25(38)35(27)44-46(39,40)41)32-24(37)22(20-15-45-26(29)31-20)33-43-19(13-36)14-42-18-7-4-16(5-8-18)17-6-9-21(30-11-10-28)34(3)12-17/h4-9,12,15,19,23,36H,10-11,13-14,28H2,1-3H3,(H4,29,31,32,37,39,40,41)/p+1/b33-22-/t19-,23-/m1/s1. The first-order valence-corrected chi connectivity index (χ1v) is 16.0. The molecule has 8 N–H and O–H groups in total. The van der Waals surface area contributed by atoms with Gasteiger partial charge in [0.05, 0.1) is 31.9 Å². The average Bonchev–Trinajstić information content (AvgIpc) is 3.44. The zero-order valence-electron chi connectivity index (χ0n) is 25.1. The summed E-state index contributed by atoms with van der Waals surface area (Å²) in [5.74, 6) is -0.420. The van der Waals surface area contributed by atoms with Crippen LogP contribution in [0.1, 0.15) is 19.5 Å². The molecule has 2 aromatic heterocycles. The summed E-state index contributed by atoms with van der Waals surface area (Å²) < 4.78 is 43.2. The van der Waals surface area contributed by atoms with Gasteiger partial charge in [-0.1, -0.05) is 17.3 Å². The molecule has 248 valence electrons. The molecule has 0 bridgehead atoms. The highest BCUT2D eigenvalue weighted by Gasteiger charge is 2.58. The van der Waals surface area contributed by atoms with Crippen LogP contribution < -0.4 is 31.4 Å². The van der Waals surface area contributed by atoms with E-state index in [-0.39, 0.29) is 23.1 Å². The van der Waals surface area contributed by atoms with Gasteiger partial charge in [-0.2, -0.15) is 13.5 Å². The number of carbonyl (C=O) groups is 2. The van der Waals surface area contributed by atoms with Gasteiger partial charge in [0.15, 0.2) is 16.9 Å². The number of nitrogens with two attached hydrogens (primary N) is 2. The lowest BCUT2D eigenvalue weighted by atomic mass is 9.84. The highest BCUT2D eigenvalue weighted by atomic mass is 32.3. The lowest BCUT2D eigenvalue weighted by molar-refractivity contribution is -0.656. The van der Waals surface area contributed by atoms with Gasteiger partial charge in [0, 0.05) is 23.6 Å². The molecule has 0 unspecified atom stereocenters. The number of benzene rings is 1. The number of pyridine rings is 1. The summed E-state index contributed by atoms with van der Waals surface area (Å²) in [5.41, 5.74) is 11.5. The van der Waals surface area contributed by atoms with Crippen molar-refractivity contribution in [1.82, 2.24) is 15.4 Å². The zero-order valence-corrected chi connectivity index (χ0v) is 26.7. The number of nitrogen functional groups attached to an aromatic ring is 1. The number of anilines is 2. The molecule has 46 heavy (non-hydrogen) atoms. The number of hydroxylamine groups is 2. The Bertz CT molecular complexity index is 1700. The molecule has 19 heteroatoms. The van der Waals surface area contributed by atoms with Crippen LogP contribution in [-0.4, -0.2) is 89.6 Å². The lowest BCUT2D eigenvalue weighted by Crippen LogP contribution is -2.76. The van der Waals surface area contributed by atoms with Crippen molar-refractivity contribution in [2.24, 2.45) is 17.9 Å². The van der Waals surface area contributed by atoms with Crippen LogP contribution in [0.2, 0.25) is 0 Å². The van der Waals surface area contributed by atoms with Crippen LogP contribution in [0.5, 0.6) is 5.75 Å². The van der Waals surface area contributed by atoms with Crippen LogP contribution >= 0.6 is 11.3 Å². The maximum atomic E-state index is 13.2. The largest absolute Gasteiger partial charge is 0.490 e. The van der Waals surface area contributed by atoms with E-state index in [0.29, 0.717) is 23.9 Å². The average molecular weight is 680 g/mol. The minimum absolute atomic E-state index is 0.0282. The number of nitrogens with zero attached hydrogens (tertiary/aromatic N) is 4. The maximum absolute atomic E-state index is 13.2. The van der Waals surface area contributed by atoms with Crippen LogP contribution in [0, 0.1) is 0 Å². The second-order valence-corrected chi connectivity index (χ2v) is 12.5. The second kappa shape index (κ2) is 14.4. The fourth-order valence-corrected chi connectivity index (χ4v) is 5.36. The number of oxime groups is 1. The number of amides is 2. The Hall–Kier alpha value is -4.40. The van der Waals surface area contributed by atoms with E-state index < -0.39 is 46.5 Å². The van der Waals surface area contributed by atoms with Gasteiger partial charge in [-0.25, -0.2) is 9.55 Å². The minimum Gasteiger partial charge on any atom is -0.490 e. The van der Waals surface area contributed by atoms with E-state index >= 15 is 0 Å².